The molecule has 3 atom stereocenters. The second-order valence-corrected chi connectivity index (χ2v) is 3.07. The summed E-state index contributed by atoms with van der Waals surface area (Å²) in [6.45, 7) is 3.72. The number of ketones is 1. The summed E-state index contributed by atoms with van der Waals surface area (Å²) in [6, 6.07) is 1.96. The molecule has 3 unspecified atom stereocenters. The van der Waals surface area contributed by atoms with E-state index in [9.17, 15) is 4.79 Å². The van der Waals surface area contributed by atoms with Crippen molar-refractivity contribution in [3.63, 3.8) is 0 Å². The molecule has 0 aromatic heterocycles. The molecule has 0 amide bonds. The number of nitriles is 1. The van der Waals surface area contributed by atoms with Crippen molar-refractivity contribution in [3.8, 4) is 6.07 Å². The third-order valence-corrected chi connectivity index (χ3v) is 2.10. The van der Waals surface area contributed by atoms with E-state index in [4.69, 9.17) is 5.26 Å². The quantitative estimate of drug-likeness (QED) is 0.576. The first-order chi connectivity index (χ1) is 4.66. The van der Waals surface area contributed by atoms with Gasteiger partial charge < -0.3 is 0 Å². The third-order valence-electron chi connectivity index (χ3n) is 2.10. The Balaban J connectivity index is 2.44. The van der Waals surface area contributed by atoms with Crippen LogP contribution >= 0.6 is 0 Å². The Hall–Kier alpha value is -0.840. The molecule has 0 bridgehead atoms. The average molecular weight is 137 g/mol. The maximum atomic E-state index is 11.1. The SMILES string of the molecule is CC(C#N)C(=O)C1CC1C. The van der Waals surface area contributed by atoms with E-state index in [1.807, 2.05) is 13.0 Å². The first kappa shape index (κ1) is 7.27. The molecule has 2 nitrogen and oxygen atoms in total. The number of rotatable bonds is 2. The third kappa shape index (κ3) is 1.18. The Morgan fingerprint density at radius 2 is 2.30 bits per heavy atom. The van der Waals surface area contributed by atoms with Crippen LogP contribution in [-0.2, 0) is 4.79 Å². The van der Waals surface area contributed by atoms with Gasteiger partial charge in [-0.15, -0.1) is 0 Å². The molecule has 0 aliphatic heterocycles. The molecule has 0 radical (unpaired) electrons. The Labute approximate surface area is 60.8 Å². The van der Waals surface area contributed by atoms with Crippen molar-refractivity contribution in [2.24, 2.45) is 17.8 Å². The fraction of sp³-hybridized carbons (Fsp3) is 0.750. The van der Waals surface area contributed by atoms with Gasteiger partial charge in [-0.2, -0.15) is 5.26 Å². The summed E-state index contributed by atoms with van der Waals surface area (Å²) in [6.07, 6.45) is 0.991. The molecule has 0 aromatic carbocycles. The van der Waals surface area contributed by atoms with Crippen molar-refractivity contribution in [1.82, 2.24) is 0 Å². The molecule has 1 fully saturated rings. The maximum absolute atomic E-state index is 11.1. The van der Waals surface area contributed by atoms with E-state index < -0.39 is 5.92 Å². The van der Waals surface area contributed by atoms with Crippen LogP contribution in [0.2, 0.25) is 0 Å². The van der Waals surface area contributed by atoms with Gasteiger partial charge in [0, 0.05) is 5.92 Å². The summed E-state index contributed by atoms with van der Waals surface area (Å²) in [4.78, 5) is 11.1. The van der Waals surface area contributed by atoms with Gasteiger partial charge in [-0.3, -0.25) is 4.79 Å². The van der Waals surface area contributed by atoms with Crippen LogP contribution in [0.1, 0.15) is 20.3 Å². The number of carbonyl (C=O) groups is 1. The molecule has 1 aliphatic carbocycles. The van der Waals surface area contributed by atoms with Crippen molar-refractivity contribution < 1.29 is 4.79 Å². The van der Waals surface area contributed by atoms with E-state index in [1.165, 1.54) is 0 Å². The molecule has 1 aliphatic rings. The van der Waals surface area contributed by atoms with Crippen LogP contribution in [0.5, 0.6) is 0 Å². The van der Waals surface area contributed by atoms with E-state index in [-0.39, 0.29) is 11.7 Å². The van der Waals surface area contributed by atoms with Crippen LogP contribution < -0.4 is 0 Å². The van der Waals surface area contributed by atoms with Crippen LogP contribution in [0.25, 0.3) is 0 Å². The van der Waals surface area contributed by atoms with Crippen molar-refractivity contribution in [2.45, 2.75) is 20.3 Å². The Bertz CT molecular complexity index is 192. The summed E-state index contributed by atoms with van der Waals surface area (Å²) in [7, 11) is 0. The molecule has 0 N–H and O–H groups in total. The lowest BCUT2D eigenvalue weighted by Gasteiger charge is -1.97. The smallest absolute Gasteiger partial charge is 0.153 e. The zero-order chi connectivity index (χ0) is 7.72. The second-order valence-electron chi connectivity index (χ2n) is 3.07. The maximum Gasteiger partial charge on any atom is 0.153 e. The van der Waals surface area contributed by atoms with Gasteiger partial charge in [0.2, 0.25) is 0 Å². The summed E-state index contributed by atoms with van der Waals surface area (Å²) < 4.78 is 0. The number of hydrogen-bond donors (Lipinski definition) is 0. The van der Waals surface area contributed by atoms with Gasteiger partial charge >= 0.3 is 0 Å². The molecule has 1 rings (SSSR count). The molecule has 0 spiro atoms. The highest BCUT2D eigenvalue weighted by Crippen LogP contribution is 2.39. The van der Waals surface area contributed by atoms with Crippen molar-refractivity contribution in [3.05, 3.63) is 0 Å². The minimum atomic E-state index is -0.394. The molecule has 0 heterocycles. The Kier molecular flexibility index (Phi) is 1.76. The first-order valence-electron chi connectivity index (χ1n) is 3.60. The second kappa shape index (κ2) is 2.42. The number of Topliss-reactive ketones (excluding diaryl/α,β-unsaturated/α-hetero) is 1. The van der Waals surface area contributed by atoms with Crippen molar-refractivity contribution in [2.75, 3.05) is 0 Å². The van der Waals surface area contributed by atoms with E-state index in [0.29, 0.717) is 5.92 Å². The predicted octanol–water partition coefficient (Wildman–Crippen LogP) is 1.37. The lowest BCUT2D eigenvalue weighted by atomic mass is 10.0. The minimum Gasteiger partial charge on any atom is -0.298 e. The van der Waals surface area contributed by atoms with Crippen molar-refractivity contribution >= 4 is 5.78 Å². The van der Waals surface area contributed by atoms with Gasteiger partial charge in [-0.1, -0.05) is 6.92 Å². The van der Waals surface area contributed by atoms with Gasteiger partial charge in [-0.25, -0.2) is 0 Å². The molecule has 54 valence electrons. The van der Waals surface area contributed by atoms with Gasteiger partial charge in [0.25, 0.3) is 0 Å². The monoisotopic (exact) mass is 137 g/mol. The summed E-state index contributed by atoms with van der Waals surface area (Å²) in [5.74, 6) is 0.475. The highest BCUT2D eigenvalue weighted by atomic mass is 16.1. The number of nitrogens with zero attached hydrogens (tertiary/aromatic N) is 1. The summed E-state index contributed by atoms with van der Waals surface area (Å²) in [5.41, 5.74) is 0. The van der Waals surface area contributed by atoms with Gasteiger partial charge in [0.1, 0.15) is 5.92 Å². The lowest BCUT2D eigenvalue weighted by molar-refractivity contribution is -0.122. The van der Waals surface area contributed by atoms with E-state index in [1.54, 1.807) is 6.92 Å². The minimum absolute atomic E-state index is 0.134. The molecule has 0 aromatic rings. The molecule has 1 saturated carbocycles. The highest BCUT2D eigenvalue weighted by Gasteiger charge is 2.40. The molecule has 10 heavy (non-hydrogen) atoms. The normalized spacial score (nSPS) is 32.5. The zero-order valence-electron chi connectivity index (χ0n) is 6.29. The zero-order valence-corrected chi connectivity index (χ0v) is 6.29. The fourth-order valence-corrected chi connectivity index (χ4v) is 1.10. The van der Waals surface area contributed by atoms with Gasteiger partial charge in [0.05, 0.1) is 6.07 Å². The lowest BCUT2D eigenvalue weighted by Crippen LogP contribution is -2.11. The molecule has 2 heteroatoms. The standard InChI is InChI=1S/C8H11NO/c1-5-3-7(5)8(10)6(2)4-9/h5-7H,3H2,1-2H3. The Morgan fingerprint density at radius 1 is 1.80 bits per heavy atom. The summed E-state index contributed by atoms with van der Waals surface area (Å²) in [5, 5.41) is 8.40. The van der Waals surface area contributed by atoms with Crippen molar-refractivity contribution in [1.29, 1.82) is 5.26 Å². The van der Waals surface area contributed by atoms with Crippen LogP contribution in [-0.4, -0.2) is 5.78 Å². The molecule has 0 saturated heterocycles. The van der Waals surface area contributed by atoms with Crippen LogP contribution in [0.4, 0.5) is 0 Å². The van der Waals surface area contributed by atoms with Crippen LogP contribution in [0.3, 0.4) is 0 Å². The van der Waals surface area contributed by atoms with E-state index >= 15 is 0 Å². The van der Waals surface area contributed by atoms with Gasteiger partial charge in [0.15, 0.2) is 5.78 Å². The topological polar surface area (TPSA) is 40.9 Å². The number of hydrogen-bond acceptors (Lipinski definition) is 2. The largest absolute Gasteiger partial charge is 0.298 e. The number of carbonyl (C=O) groups excluding carboxylic acids is 1. The van der Waals surface area contributed by atoms with Gasteiger partial charge in [-0.05, 0) is 19.3 Å². The van der Waals surface area contributed by atoms with Crippen LogP contribution in [0.15, 0.2) is 0 Å². The first-order valence-corrected chi connectivity index (χ1v) is 3.60. The highest BCUT2D eigenvalue weighted by molar-refractivity contribution is 5.87. The fourth-order valence-electron chi connectivity index (χ4n) is 1.10. The molecular weight excluding hydrogens is 126 g/mol. The predicted molar refractivity (Wildman–Crippen MR) is 37.1 cm³/mol. The van der Waals surface area contributed by atoms with Crippen LogP contribution in [0, 0.1) is 29.1 Å². The average Bonchev–Trinajstić information content (AvgIpc) is 2.63. The van der Waals surface area contributed by atoms with E-state index in [0.717, 1.165) is 6.42 Å². The summed E-state index contributed by atoms with van der Waals surface area (Å²) >= 11 is 0. The molecular formula is C8H11NO. The van der Waals surface area contributed by atoms with E-state index in [2.05, 4.69) is 0 Å². The Morgan fingerprint density at radius 3 is 2.60 bits per heavy atom.